The minimum absolute atomic E-state index is 0.0558. The van der Waals surface area contributed by atoms with Crippen molar-refractivity contribution in [2.24, 2.45) is 0 Å². The van der Waals surface area contributed by atoms with Gasteiger partial charge in [-0.25, -0.2) is 4.79 Å². The number of aromatic nitrogens is 2. The molecule has 144 valence electrons. The first-order chi connectivity index (χ1) is 13.2. The minimum Gasteiger partial charge on any atom is -0.497 e. The number of benzene rings is 1. The summed E-state index contributed by atoms with van der Waals surface area (Å²) < 4.78 is 16.1. The number of hydrogen-bond acceptors (Lipinski definition) is 6. The number of carbonyl (C=O) groups is 1. The molecule has 8 heteroatoms. The molecule has 1 unspecified atom stereocenters. The van der Waals surface area contributed by atoms with Crippen molar-refractivity contribution in [2.75, 3.05) is 20.8 Å². The normalized spacial score (nSPS) is 19.2. The third kappa shape index (κ3) is 3.70. The molecule has 2 heterocycles. The highest BCUT2D eigenvalue weighted by atomic mass is 16.5. The molecular weight excluding hydrogens is 348 g/mol. The molecule has 0 radical (unpaired) electrons. The van der Waals surface area contributed by atoms with Crippen LogP contribution in [0.1, 0.15) is 54.9 Å². The van der Waals surface area contributed by atoms with Crippen LogP contribution >= 0.6 is 0 Å². The van der Waals surface area contributed by atoms with Gasteiger partial charge in [0.05, 0.1) is 26.8 Å². The molecule has 1 atom stereocenters. The Morgan fingerprint density at radius 1 is 1.30 bits per heavy atom. The van der Waals surface area contributed by atoms with Gasteiger partial charge in [-0.1, -0.05) is 5.16 Å². The summed E-state index contributed by atoms with van der Waals surface area (Å²) in [5.74, 6) is 3.13. The number of methoxy groups -OCH3 is 2. The van der Waals surface area contributed by atoms with Crippen LogP contribution in [0.25, 0.3) is 0 Å². The molecule has 1 aromatic heterocycles. The molecule has 8 nitrogen and oxygen atoms in total. The van der Waals surface area contributed by atoms with Crippen LogP contribution in [0.3, 0.4) is 0 Å². The lowest BCUT2D eigenvalue weighted by molar-refractivity contribution is 0.190. The third-order valence-corrected chi connectivity index (χ3v) is 5.13. The van der Waals surface area contributed by atoms with Gasteiger partial charge in [-0.15, -0.1) is 0 Å². The van der Waals surface area contributed by atoms with Gasteiger partial charge in [-0.2, -0.15) is 4.98 Å². The van der Waals surface area contributed by atoms with E-state index in [1.807, 2.05) is 23.1 Å². The van der Waals surface area contributed by atoms with Crippen molar-refractivity contribution in [1.29, 1.82) is 0 Å². The Bertz CT molecular complexity index is 818. The van der Waals surface area contributed by atoms with Crippen molar-refractivity contribution in [3.05, 3.63) is 35.5 Å². The third-order valence-electron chi connectivity index (χ3n) is 5.13. The molecule has 2 fully saturated rings. The highest BCUT2D eigenvalue weighted by molar-refractivity contribution is 5.75. The first-order valence-electron chi connectivity index (χ1n) is 9.28. The predicted octanol–water partition coefficient (Wildman–Crippen LogP) is 3.01. The molecule has 27 heavy (non-hydrogen) atoms. The van der Waals surface area contributed by atoms with E-state index >= 15 is 0 Å². The van der Waals surface area contributed by atoms with Crippen molar-refractivity contribution in [1.82, 2.24) is 20.4 Å². The number of ether oxygens (including phenoxy) is 2. The number of hydrogen-bond donors (Lipinski definition) is 1. The molecule has 1 saturated carbocycles. The number of amides is 2. The molecule has 0 spiro atoms. The maximum Gasteiger partial charge on any atom is 0.318 e. The zero-order valence-corrected chi connectivity index (χ0v) is 15.6. The highest BCUT2D eigenvalue weighted by Crippen LogP contribution is 2.39. The summed E-state index contributed by atoms with van der Waals surface area (Å²) in [6.07, 6.45) is 4.04. The van der Waals surface area contributed by atoms with Crippen LogP contribution in [0.4, 0.5) is 4.79 Å². The first-order valence-corrected chi connectivity index (χ1v) is 9.28. The topological polar surface area (TPSA) is 89.7 Å². The van der Waals surface area contributed by atoms with Gasteiger partial charge in [0, 0.05) is 18.0 Å². The van der Waals surface area contributed by atoms with E-state index in [0.717, 1.165) is 48.6 Å². The average Bonchev–Trinajstić information content (AvgIpc) is 3.24. The Morgan fingerprint density at radius 2 is 2.15 bits per heavy atom. The lowest BCUT2D eigenvalue weighted by atomic mass is 10.0. The number of carbonyl (C=O) groups excluding carboxylic acids is 1. The van der Waals surface area contributed by atoms with Crippen molar-refractivity contribution in [3.63, 3.8) is 0 Å². The van der Waals surface area contributed by atoms with Gasteiger partial charge in [0.2, 0.25) is 5.89 Å². The minimum atomic E-state index is -0.145. The van der Waals surface area contributed by atoms with E-state index in [9.17, 15) is 4.79 Å². The monoisotopic (exact) mass is 372 g/mol. The smallest absolute Gasteiger partial charge is 0.318 e. The molecule has 2 amide bonds. The maximum absolute atomic E-state index is 12.8. The van der Waals surface area contributed by atoms with Crippen LogP contribution in [-0.4, -0.2) is 41.8 Å². The molecule has 1 aliphatic heterocycles. The molecule has 0 bridgehead atoms. The van der Waals surface area contributed by atoms with Gasteiger partial charge >= 0.3 is 6.03 Å². The van der Waals surface area contributed by atoms with E-state index in [4.69, 9.17) is 14.0 Å². The van der Waals surface area contributed by atoms with Crippen LogP contribution in [-0.2, 0) is 6.54 Å². The number of nitrogens with one attached hydrogen (secondary N) is 1. The fourth-order valence-corrected chi connectivity index (χ4v) is 3.53. The molecule has 4 rings (SSSR count). The van der Waals surface area contributed by atoms with E-state index in [-0.39, 0.29) is 18.6 Å². The summed E-state index contributed by atoms with van der Waals surface area (Å²) in [7, 11) is 3.27. The van der Waals surface area contributed by atoms with E-state index < -0.39 is 0 Å². The average molecular weight is 372 g/mol. The van der Waals surface area contributed by atoms with Crippen LogP contribution < -0.4 is 14.8 Å². The van der Waals surface area contributed by atoms with Gasteiger partial charge in [0.15, 0.2) is 5.82 Å². The molecular formula is C19H24N4O4. The Hall–Kier alpha value is -2.77. The summed E-state index contributed by atoms with van der Waals surface area (Å²) in [6, 6.07) is 5.47. The second-order valence-electron chi connectivity index (χ2n) is 6.94. The van der Waals surface area contributed by atoms with Crippen molar-refractivity contribution < 1.29 is 18.8 Å². The molecule has 2 aliphatic rings. The van der Waals surface area contributed by atoms with E-state index in [1.165, 1.54) is 0 Å². The fourth-order valence-electron chi connectivity index (χ4n) is 3.53. The zero-order chi connectivity index (χ0) is 18.8. The quantitative estimate of drug-likeness (QED) is 0.838. The van der Waals surface area contributed by atoms with E-state index in [0.29, 0.717) is 18.4 Å². The van der Waals surface area contributed by atoms with Crippen LogP contribution in [0.5, 0.6) is 11.5 Å². The largest absolute Gasteiger partial charge is 0.497 e. The van der Waals surface area contributed by atoms with Crippen molar-refractivity contribution >= 4 is 6.03 Å². The van der Waals surface area contributed by atoms with Gasteiger partial charge in [-0.3, -0.25) is 0 Å². The van der Waals surface area contributed by atoms with Crippen LogP contribution in [0.15, 0.2) is 22.7 Å². The number of rotatable bonds is 6. The summed E-state index contributed by atoms with van der Waals surface area (Å²) in [5.41, 5.74) is 0.957. The first kappa shape index (κ1) is 17.6. The van der Waals surface area contributed by atoms with Gasteiger partial charge in [-0.05, 0) is 43.9 Å². The number of nitrogens with zero attached hydrogens (tertiary/aromatic N) is 3. The molecule has 2 aromatic rings. The second-order valence-corrected chi connectivity index (χ2v) is 6.94. The zero-order valence-electron chi connectivity index (χ0n) is 15.6. The van der Waals surface area contributed by atoms with Gasteiger partial charge in [0.25, 0.3) is 0 Å². The Balaban J connectivity index is 1.44. The standard InChI is InChI=1S/C19H24N4O4/c1-25-13-7-8-16(26-2)14(10-13)15-4-3-9-23(15)19(24)20-11-17-21-18(22-27-17)12-5-6-12/h7-8,10,12,15H,3-6,9,11H2,1-2H3,(H,20,24). The molecule has 1 N–H and O–H groups in total. The summed E-state index contributed by atoms with van der Waals surface area (Å²) in [5, 5.41) is 6.87. The summed E-state index contributed by atoms with van der Waals surface area (Å²) >= 11 is 0. The SMILES string of the molecule is COc1ccc(OC)c(C2CCCN2C(=O)NCc2nc(C3CC3)no2)c1. The Morgan fingerprint density at radius 3 is 2.89 bits per heavy atom. The maximum atomic E-state index is 12.8. The lowest BCUT2D eigenvalue weighted by Gasteiger charge is -2.26. The second kappa shape index (κ2) is 7.46. The van der Waals surface area contributed by atoms with Crippen LogP contribution in [0, 0.1) is 0 Å². The molecule has 1 saturated heterocycles. The molecule has 1 aromatic carbocycles. The fraction of sp³-hybridized carbons (Fsp3) is 0.526. The predicted molar refractivity (Wildman–Crippen MR) is 96.7 cm³/mol. The Labute approximate surface area is 157 Å². The number of likely N-dealkylation sites (tertiary alicyclic amines) is 1. The Kier molecular flexibility index (Phi) is 4.87. The van der Waals surface area contributed by atoms with Crippen LogP contribution in [0.2, 0.25) is 0 Å². The summed E-state index contributed by atoms with van der Waals surface area (Å²) in [4.78, 5) is 18.9. The van der Waals surface area contributed by atoms with E-state index in [2.05, 4.69) is 15.5 Å². The van der Waals surface area contributed by atoms with Crippen molar-refractivity contribution in [2.45, 2.75) is 44.2 Å². The lowest BCUT2D eigenvalue weighted by Crippen LogP contribution is -2.39. The van der Waals surface area contributed by atoms with Gasteiger partial charge in [0.1, 0.15) is 11.5 Å². The number of urea groups is 1. The highest BCUT2D eigenvalue weighted by Gasteiger charge is 2.33. The van der Waals surface area contributed by atoms with Gasteiger partial charge < -0.3 is 24.2 Å². The molecule has 1 aliphatic carbocycles. The van der Waals surface area contributed by atoms with Crippen molar-refractivity contribution in [3.8, 4) is 11.5 Å². The summed E-state index contributed by atoms with van der Waals surface area (Å²) in [6.45, 7) is 0.922. The van der Waals surface area contributed by atoms with E-state index in [1.54, 1.807) is 14.2 Å².